The number of ether oxygens (including phenoxy) is 1. The van der Waals surface area contributed by atoms with Gasteiger partial charge in [0.2, 0.25) is 5.76 Å². The van der Waals surface area contributed by atoms with E-state index in [1.54, 1.807) is 11.0 Å². The summed E-state index contributed by atoms with van der Waals surface area (Å²) in [6, 6.07) is 1.77. The summed E-state index contributed by atoms with van der Waals surface area (Å²) in [5.74, 6) is -0.516. The van der Waals surface area contributed by atoms with E-state index in [4.69, 9.17) is 9.26 Å². The maximum atomic E-state index is 12.7. The lowest BCUT2D eigenvalue weighted by Gasteiger charge is -2.35. The molecule has 0 aliphatic carbocycles. The Labute approximate surface area is 153 Å². The molecule has 0 radical (unpaired) electrons. The summed E-state index contributed by atoms with van der Waals surface area (Å²) < 4.78 is 11.0. The van der Waals surface area contributed by atoms with Gasteiger partial charge in [-0.15, -0.1) is 0 Å². The molecule has 26 heavy (non-hydrogen) atoms. The molecule has 3 heterocycles. The van der Waals surface area contributed by atoms with Crippen molar-refractivity contribution >= 4 is 11.9 Å². The first kappa shape index (κ1) is 18.9. The summed E-state index contributed by atoms with van der Waals surface area (Å²) in [6.07, 6.45) is 3.80. The standard InChI is InChI=1S/C19H28N2O5/c1-3-12(4-2)15-11-16(26-20-15)18(22)21-8-5-13(6-9-21)17-14(19(23)24)7-10-25-17/h11-14,17H,3-10H2,1-2H3,(H,23,24)/t14?,17-/m0/s1. The molecule has 144 valence electrons. The number of piperidine rings is 1. The molecule has 2 aliphatic heterocycles. The van der Waals surface area contributed by atoms with Crippen LogP contribution in [0.1, 0.15) is 68.1 Å². The van der Waals surface area contributed by atoms with E-state index in [0.29, 0.717) is 37.8 Å². The second-order valence-electron chi connectivity index (χ2n) is 7.33. The highest BCUT2D eigenvalue weighted by atomic mass is 16.5. The third-order valence-electron chi connectivity index (χ3n) is 5.89. The number of nitrogens with zero attached hydrogens (tertiary/aromatic N) is 2. The molecule has 3 rings (SSSR count). The Hall–Kier alpha value is -1.89. The Bertz CT molecular complexity index is 632. The number of hydrogen-bond acceptors (Lipinski definition) is 5. The van der Waals surface area contributed by atoms with Crippen molar-refractivity contribution in [3.8, 4) is 0 Å². The Morgan fingerprint density at radius 1 is 1.27 bits per heavy atom. The lowest BCUT2D eigenvalue weighted by molar-refractivity contribution is -0.145. The monoisotopic (exact) mass is 364 g/mol. The van der Waals surface area contributed by atoms with Crippen LogP contribution in [0.5, 0.6) is 0 Å². The average Bonchev–Trinajstić information content (AvgIpc) is 3.32. The summed E-state index contributed by atoms with van der Waals surface area (Å²) in [6.45, 7) is 5.90. The predicted molar refractivity (Wildman–Crippen MR) is 93.9 cm³/mol. The highest BCUT2D eigenvalue weighted by Gasteiger charge is 2.41. The van der Waals surface area contributed by atoms with E-state index in [0.717, 1.165) is 31.4 Å². The van der Waals surface area contributed by atoms with Crippen molar-refractivity contribution in [1.82, 2.24) is 10.1 Å². The third-order valence-corrected chi connectivity index (χ3v) is 5.89. The van der Waals surface area contributed by atoms with Crippen LogP contribution in [0.2, 0.25) is 0 Å². The molecule has 1 amide bonds. The fourth-order valence-electron chi connectivity index (χ4n) is 4.22. The minimum absolute atomic E-state index is 0.129. The molecule has 0 spiro atoms. The van der Waals surface area contributed by atoms with Gasteiger partial charge in [0, 0.05) is 31.7 Å². The molecule has 0 saturated carbocycles. The first-order chi connectivity index (χ1) is 12.5. The second-order valence-corrected chi connectivity index (χ2v) is 7.33. The highest BCUT2D eigenvalue weighted by molar-refractivity contribution is 5.91. The van der Waals surface area contributed by atoms with Gasteiger partial charge in [0.1, 0.15) is 0 Å². The van der Waals surface area contributed by atoms with Gasteiger partial charge in [-0.1, -0.05) is 19.0 Å². The number of carbonyl (C=O) groups excluding carboxylic acids is 1. The molecule has 7 heteroatoms. The molecular formula is C19H28N2O5. The van der Waals surface area contributed by atoms with Crippen molar-refractivity contribution in [2.24, 2.45) is 11.8 Å². The first-order valence-electron chi connectivity index (χ1n) is 9.65. The average molecular weight is 364 g/mol. The van der Waals surface area contributed by atoms with Crippen molar-refractivity contribution in [2.45, 2.75) is 58.0 Å². The fourth-order valence-corrected chi connectivity index (χ4v) is 4.22. The minimum Gasteiger partial charge on any atom is -0.481 e. The molecule has 2 atom stereocenters. The lowest BCUT2D eigenvalue weighted by Crippen LogP contribution is -2.43. The van der Waals surface area contributed by atoms with Crippen molar-refractivity contribution in [3.05, 3.63) is 17.5 Å². The quantitative estimate of drug-likeness (QED) is 0.834. The summed E-state index contributed by atoms with van der Waals surface area (Å²) in [5.41, 5.74) is 0.844. The van der Waals surface area contributed by atoms with E-state index in [1.807, 2.05) is 0 Å². The van der Waals surface area contributed by atoms with Crippen molar-refractivity contribution in [1.29, 1.82) is 0 Å². The Morgan fingerprint density at radius 2 is 1.96 bits per heavy atom. The highest BCUT2D eigenvalue weighted by Crippen LogP contribution is 2.33. The zero-order valence-corrected chi connectivity index (χ0v) is 15.5. The van der Waals surface area contributed by atoms with Crippen LogP contribution in [0.25, 0.3) is 0 Å². The summed E-state index contributed by atoms with van der Waals surface area (Å²) in [7, 11) is 0. The number of aliphatic carboxylic acids is 1. The molecule has 7 nitrogen and oxygen atoms in total. The number of aromatic nitrogens is 1. The number of likely N-dealkylation sites (tertiary alicyclic amines) is 1. The normalized spacial score (nSPS) is 24.3. The molecule has 1 unspecified atom stereocenters. The van der Waals surface area contributed by atoms with Gasteiger partial charge in [-0.25, -0.2) is 0 Å². The summed E-state index contributed by atoms with van der Waals surface area (Å²) in [4.78, 5) is 25.8. The maximum absolute atomic E-state index is 12.7. The Kier molecular flexibility index (Phi) is 5.96. The van der Waals surface area contributed by atoms with Crippen molar-refractivity contribution < 1.29 is 24.0 Å². The first-order valence-corrected chi connectivity index (χ1v) is 9.65. The molecular weight excluding hydrogens is 336 g/mol. The van der Waals surface area contributed by atoms with Gasteiger partial charge in [0.25, 0.3) is 5.91 Å². The minimum atomic E-state index is -0.776. The largest absolute Gasteiger partial charge is 0.481 e. The van der Waals surface area contributed by atoms with Crippen LogP contribution in [0.3, 0.4) is 0 Å². The van der Waals surface area contributed by atoms with E-state index in [9.17, 15) is 14.7 Å². The van der Waals surface area contributed by atoms with Crippen LogP contribution >= 0.6 is 0 Å². The number of hydrogen-bond donors (Lipinski definition) is 1. The van der Waals surface area contributed by atoms with Gasteiger partial charge >= 0.3 is 5.97 Å². The van der Waals surface area contributed by atoms with Gasteiger partial charge in [-0.05, 0) is 38.0 Å². The summed E-state index contributed by atoms with van der Waals surface area (Å²) >= 11 is 0. The number of carboxylic acid groups (broad SMARTS) is 1. The fraction of sp³-hybridized carbons (Fsp3) is 0.737. The van der Waals surface area contributed by atoms with Gasteiger partial charge in [-0.3, -0.25) is 9.59 Å². The van der Waals surface area contributed by atoms with Crippen LogP contribution in [-0.4, -0.2) is 52.8 Å². The van der Waals surface area contributed by atoms with E-state index >= 15 is 0 Å². The number of carbonyl (C=O) groups is 2. The van der Waals surface area contributed by atoms with Gasteiger partial charge in [-0.2, -0.15) is 0 Å². The van der Waals surface area contributed by atoms with Gasteiger partial charge in [0.15, 0.2) is 0 Å². The van der Waals surface area contributed by atoms with E-state index in [2.05, 4.69) is 19.0 Å². The number of carboxylic acids is 1. The van der Waals surface area contributed by atoms with E-state index in [1.165, 1.54) is 0 Å². The number of rotatable bonds is 6. The van der Waals surface area contributed by atoms with Gasteiger partial charge < -0.3 is 19.3 Å². The maximum Gasteiger partial charge on any atom is 0.309 e. The zero-order valence-electron chi connectivity index (χ0n) is 15.5. The second kappa shape index (κ2) is 8.20. The molecule has 1 aromatic heterocycles. The molecule has 0 bridgehead atoms. The van der Waals surface area contributed by atoms with Crippen molar-refractivity contribution in [3.63, 3.8) is 0 Å². The van der Waals surface area contributed by atoms with Crippen LogP contribution < -0.4 is 0 Å². The van der Waals surface area contributed by atoms with Crippen LogP contribution in [0, 0.1) is 11.8 Å². The SMILES string of the molecule is CCC(CC)c1cc(C(=O)N2CCC([C@@H]3OCCC3C(=O)O)CC2)on1. The van der Waals surface area contributed by atoms with Gasteiger partial charge in [0.05, 0.1) is 17.7 Å². The van der Waals surface area contributed by atoms with Crippen LogP contribution in [-0.2, 0) is 9.53 Å². The smallest absolute Gasteiger partial charge is 0.309 e. The Balaban J connectivity index is 1.58. The van der Waals surface area contributed by atoms with E-state index in [-0.39, 0.29) is 17.9 Å². The van der Waals surface area contributed by atoms with Crippen molar-refractivity contribution in [2.75, 3.05) is 19.7 Å². The topological polar surface area (TPSA) is 92.9 Å². The Morgan fingerprint density at radius 3 is 2.58 bits per heavy atom. The van der Waals surface area contributed by atoms with Crippen LogP contribution in [0.4, 0.5) is 0 Å². The van der Waals surface area contributed by atoms with Crippen LogP contribution in [0.15, 0.2) is 10.6 Å². The molecule has 2 saturated heterocycles. The number of amides is 1. The zero-order chi connectivity index (χ0) is 18.7. The third kappa shape index (κ3) is 3.77. The molecule has 1 aromatic rings. The molecule has 2 aliphatic rings. The summed E-state index contributed by atoms with van der Waals surface area (Å²) in [5, 5.41) is 13.4. The van der Waals surface area contributed by atoms with E-state index < -0.39 is 11.9 Å². The lowest BCUT2D eigenvalue weighted by atomic mass is 9.84. The predicted octanol–water partition coefficient (Wildman–Crippen LogP) is 2.92. The molecule has 1 N–H and O–H groups in total. The molecule has 2 fully saturated rings. The molecule has 0 aromatic carbocycles.